The van der Waals surface area contributed by atoms with Gasteiger partial charge in [0.05, 0.1) is 6.61 Å². The number of hydrogen-bond donors (Lipinski definition) is 1. The van der Waals surface area contributed by atoms with E-state index in [0.29, 0.717) is 12.4 Å². The molecule has 112 valence electrons. The number of nitrogens with one attached hydrogen (secondary N) is 1. The van der Waals surface area contributed by atoms with Gasteiger partial charge < -0.3 is 10.1 Å². The minimum Gasteiger partial charge on any atom is -0.491 e. The molecule has 0 amide bonds. The average Bonchev–Trinajstić information content (AvgIpc) is 2.50. The zero-order valence-corrected chi connectivity index (χ0v) is 12.6. The first-order valence-corrected chi connectivity index (χ1v) is 7.45. The minimum atomic E-state index is -0.323. The van der Waals surface area contributed by atoms with Crippen molar-refractivity contribution in [3.05, 3.63) is 59.9 Å². The summed E-state index contributed by atoms with van der Waals surface area (Å²) in [6.07, 6.45) is 1.90. The molecular weight excluding hydrogens is 265 g/mol. The van der Waals surface area contributed by atoms with E-state index in [9.17, 15) is 4.39 Å². The normalized spacial score (nSPS) is 12.0. The van der Waals surface area contributed by atoms with Crippen LogP contribution in [0.15, 0.2) is 48.5 Å². The lowest BCUT2D eigenvalue weighted by molar-refractivity contribution is 0.321. The molecule has 2 nitrogen and oxygen atoms in total. The first-order chi connectivity index (χ1) is 10.2. The Morgan fingerprint density at radius 2 is 1.86 bits per heavy atom. The Morgan fingerprint density at radius 3 is 2.48 bits per heavy atom. The van der Waals surface area contributed by atoms with Crippen molar-refractivity contribution in [3.63, 3.8) is 0 Å². The van der Waals surface area contributed by atoms with Crippen molar-refractivity contribution in [2.45, 2.75) is 32.7 Å². The van der Waals surface area contributed by atoms with Crippen LogP contribution in [0.4, 0.5) is 10.1 Å². The first kappa shape index (κ1) is 15.4. The molecule has 0 saturated carbocycles. The zero-order valence-electron chi connectivity index (χ0n) is 12.6. The highest BCUT2D eigenvalue weighted by molar-refractivity contribution is 5.48. The number of halogens is 1. The van der Waals surface area contributed by atoms with E-state index in [0.717, 1.165) is 18.5 Å². The molecule has 1 N–H and O–H groups in total. The summed E-state index contributed by atoms with van der Waals surface area (Å²) in [4.78, 5) is 0. The second-order valence-corrected chi connectivity index (χ2v) is 5.02. The molecule has 2 aromatic rings. The Hall–Kier alpha value is -2.03. The first-order valence-electron chi connectivity index (χ1n) is 7.45. The highest BCUT2D eigenvalue weighted by Crippen LogP contribution is 2.22. The van der Waals surface area contributed by atoms with Gasteiger partial charge in [0.2, 0.25) is 0 Å². The molecule has 0 aliphatic heterocycles. The van der Waals surface area contributed by atoms with Crippen LogP contribution in [-0.4, -0.2) is 12.6 Å². The third-order valence-corrected chi connectivity index (χ3v) is 3.42. The van der Waals surface area contributed by atoms with Crippen LogP contribution in [0, 0.1) is 5.82 Å². The van der Waals surface area contributed by atoms with E-state index in [1.807, 2.05) is 31.2 Å². The molecule has 0 radical (unpaired) electrons. The summed E-state index contributed by atoms with van der Waals surface area (Å²) < 4.78 is 19.1. The number of hydrogen-bond acceptors (Lipinski definition) is 2. The molecule has 0 aromatic heterocycles. The summed E-state index contributed by atoms with van der Waals surface area (Å²) >= 11 is 0. The Balaban J connectivity index is 2.03. The molecule has 3 heteroatoms. The van der Waals surface area contributed by atoms with Gasteiger partial charge in [0.15, 0.2) is 11.6 Å². The van der Waals surface area contributed by atoms with Crippen molar-refractivity contribution >= 4 is 5.69 Å². The maximum atomic E-state index is 13.9. The lowest BCUT2D eigenvalue weighted by Gasteiger charge is -2.19. The van der Waals surface area contributed by atoms with E-state index in [1.165, 1.54) is 11.6 Å². The predicted octanol–water partition coefficient (Wildman–Crippen LogP) is 4.66. The Morgan fingerprint density at radius 1 is 1.10 bits per heavy atom. The molecule has 0 fully saturated rings. The van der Waals surface area contributed by atoms with E-state index in [-0.39, 0.29) is 11.9 Å². The molecule has 0 spiro atoms. The maximum Gasteiger partial charge on any atom is 0.167 e. The number of rotatable bonds is 7. The number of benzene rings is 2. The fourth-order valence-corrected chi connectivity index (χ4v) is 2.29. The fraction of sp³-hybridized carbons (Fsp3) is 0.333. The van der Waals surface area contributed by atoms with E-state index in [4.69, 9.17) is 4.74 Å². The lowest BCUT2D eigenvalue weighted by Crippen LogP contribution is -2.21. The van der Waals surface area contributed by atoms with Crippen LogP contribution in [0.3, 0.4) is 0 Å². The second-order valence-electron chi connectivity index (χ2n) is 5.02. The summed E-state index contributed by atoms with van der Waals surface area (Å²) in [7, 11) is 0. The highest BCUT2D eigenvalue weighted by atomic mass is 19.1. The monoisotopic (exact) mass is 287 g/mol. The molecule has 0 saturated heterocycles. The second kappa shape index (κ2) is 7.67. The van der Waals surface area contributed by atoms with Gasteiger partial charge in [0.1, 0.15) is 0 Å². The van der Waals surface area contributed by atoms with Gasteiger partial charge in [-0.3, -0.25) is 0 Å². The van der Waals surface area contributed by atoms with Crippen molar-refractivity contribution in [2.24, 2.45) is 0 Å². The molecule has 1 unspecified atom stereocenters. The van der Waals surface area contributed by atoms with Gasteiger partial charge in [-0.05, 0) is 37.5 Å². The van der Waals surface area contributed by atoms with Crippen LogP contribution in [0.25, 0.3) is 0 Å². The summed E-state index contributed by atoms with van der Waals surface area (Å²) in [5.74, 6) is -0.0180. The maximum absolute atomic E-state index is 13.9. The van der Waals surface area contributed by atoms with Crippen LogP contribution >= 0.6 is 0 Å². The van der Waals surface area contributed by atoms with Crippen molar-refractivity contribution in [2.75, 3.05) is 11.9 Å². The number of ether oxygens (including phenoxy) is 1. The molecular formula is C18H22FNO. The van der Waals surface area contributed by atoms with Crippen molar-refractivity contribution < 1.29 is 9.13 Å². The standard InChI is InChI=1S/C18H22FNO/c1-3-15(12-14-8-6-5-7-9-14)20-16-10-11-18(21-4-2)17(19)13-16/h5-11,13,15,20H,3-4,12H2,1-2H3. The molecule has 0 aliphatic carbocycles. The zero-order chi connectivity index (χ0) is 15.1. The molecule has 21 heavy (non-hydrogen) atoms. The largest absolute Gasteiger partial charge is 0.491 e. The Bertz CT molecular complexity index is 556. The summed E-state index contributed by atoms with van der Waals surface area (Å²) in [5.41, 5.74) is 2.07. The highest BCUT2D eigenvalue weighted by Gasteiger charge is 2.09. The smallest absolute Gasteiger partial charge is 0.167 e. The molecule has 0 bridgehead atoms. The van der Waals surface area contributed by atoms with Crippen LogP contribution in [0.5, 0.6) is 5.75 Å². The van der Waals surface area contributed by atoms with Gasteiger partial charge in [0.25, 0.3) is 0 Å². The summed E-state index contributed by atoms with van der Waals surface area (Å²) in [6, 6.07) is 15.6. The van der Waals surface area contributed by atoms with E-state index in [2.05, 4.69) is 24.4 Å². The quantitative estimate of drug-likeness (QED) is 0.800. The van der Waals surface area contributed by atoms with E-state index in [1.54, 1.807) is 6.07 Å². The minimum absolute atomic E-state index is 0.282. The third kappa shape index (κ3) is 4.48. The van der Waals surface area contributed by atoms with Gasteiger partial charge in [-0.25, -0.2) is 4.39 Å². The topological polar surface area (TPSA) is 21.3 Å². The van der Waals surface area contributed by atoms with E-state index >= 15 is 0 Å². The van der Waals surface area contributed by atoms with Crippen molar-refractivity contribution in [1.82, 2.24) is 0 Å². The van der Waals surface area contributed by atoms with Gasteiger partial charge in [-0.15, -0.1) is 0 Å². The molecule has 0 heterocycles. The van der Waals surface area contributed by atoms with Crippen LogP contribution < -0.4 is 10.1 Å². The van der Waals surface area contributed by atoms with Crippen molar-refractivity contribution in [1.29, 1.82) is 0 Å². The number of anilines is 1. The Kier molecular flexibility index (Phi) is 5.61. The van der Waals surface area contributed by atoms with Gasteiger partial charge in [0, 0.05) is 17.8 Å². The Labute approximate surface area is 126 Å². The van der Waals surface area contributed by atoms with Crippen LogP contribution in [0.2, 0.25) is 0 Å². The van der Waals surface area contributed by atoms with Crippen LogP contribution in [-0.2, 0) is 6.42 Å². The predicted molar refractivity (Wildman–Crippen MR) is 85.4 cm³/mol. The van der Waals surface area contributed by atoms with Crippen LogP contribution in [0.1, 0.15) is 25.8 Å². The average molecular weight is 287 g/mol. The molecule has 2 aromatic carbocycles. The van der Waals surface area contributed by atoms with Gasteiger partial charge >= 0.3 is 0 Å². The summed E-state index contributed by atoms with van der Waals surface area (Å²) in [6.45, 7) is 4.44. The third-order valence-electron chi connectivity index (χ3n) is 3.42. The summed E-state index contributed by atoms with van der Waals surface area (Å²) in [5, 5.41) is 3.39. The SMILES string of the molecule is CCOc1ccc(NC(CC)Cc2ccccc2)cc1F. The lowest BCUT2D eigenvalue weighted by atomic mass is 10.0. The molecule has 1 atom stereocenters. The van der Waals surface area contributed by atoms with E-state index < -0.39 is 0 Å². The van der Waals surface area contributed by atoms with Gasteiger partial charge in [-0.2, -0.15) is 0 Å². The van der Waals surface area contributed by atoms with Crippen molar-refractivity contribution in [3.8, 4) is 5.75 Å². The van der Waals surface area contributed by atoms with Gasteiger partial charge in [-0.1, -0.05) is 37.3 Å². The molecule has 0 aliphatic rings. The molecule has 2 rings (SSSR count). The fourth-order valence-electron chi connectivity index (χ4n) is 2.29.